The van der Waals surface area contributed by atoms with Gasteiger partial charge in [-0.25, -0.2) is 8.42 Å². The number of sulfone groups is 1. The highest BCUT2D eigenvalue weighted by Gasteiger charge is 2.36. The van der Waals surface area contributed by atoms with Gasteiger partial charge in [0.25, 0.3) is 0 Å². The summed E-state index contributed by atoms with van der Waals surface area (Å²) >= 11 is 0. The van der Waals surface area contributed by atoms with E-state index < -0.39 is 9.84 Å². The summed E-state index contributed by atoms with van der Waals surface area (Å²) in [5.74, 6) is 0.664. The number of rotatable bonds is 6. The molecule has 1 atom stereocenters. The third-order valence-corrected chi connectivity index (χ3v) is 7.44. The highest BCUT2D eigenvalue weighted by atomic mass is 32.2. The molecule has 0 radical (unpaired) electrons. The monoisotopic (exact) mass is 418 g/mol. The molecule has 2 aliphatic heterocycles. The van der Waals surface area contributed by atoms with Crippen LogP contribution in [0.3, 0.4) is 0 Å². The van der Waals surface area contributed by atoms with Gasteiger partial charge in [0.1, 0.15) is 0 Å². The Morgan fingerprint density at radius 2 is 1.86 bits per heavy atom. The van der Waals surface area contributed by atoms with Crippen molar-refractivity contribution in [1.29, 1.82) is 0 Å². The van der Waals surface area contributed by atoms with Crippen LogP contribution in [0, 0.1) is 5.92 Å². The zero-order valence-corrected chi connectivity index (χ0v) is 17.2. The molecule has 1 amide bonds. The smallest absolute Gasteiger partial charge is 0.226 e. The molecule has 0 aliphatic carbocycles. The van der Waals surface area contributed by atoms with E-state index in [0.29, 0.717) is 19.5 Å². The van der Waals surface area contributed by atoms with E-state index in [1.807, 2.05) is 35.2 Å². The largest absolute Gasteiger partial charge is 0.340 e. The average molecular weight is 419 g/mol. The Balaban J connectivity index is 1.22. The number of nitrogens with zero attached hydrogens (tertiary/aromatic N) is 6. The molecule has 9 nitrogen and oxygen atoms in total. The SMILES string of the molecule is O=C([C@H]1CCS(=O)(=O)C1)N1CCN(CCCc2nnnn2-c2ccccc2)CC1. The minimum Gasteiger partial charge on any atom is -0.340 e. The fourth-order valence-electron chi connectivity index (χ4n) is 4.03. The molecule has 1 aromatic heterocycles. The fourth-order valence-corrected chi connectivity index (χ4v) is 5.76. The van der Waals surface area contributed by atoms with Crippen molar-refractivity contribution >= 4 is 15.7 Å². The first-order valence-electron chi connectivity index (χ1n) is 10.1. The predicted molar refractivity (Wildman–Crippen MR) is 107 cm³/mol. The maximum Gasteiger partial charge on any atom is 0.226 e. The third-order valence-electron chi connectivity index (χ3n) is 5.68. The summed E-state index contributed by atoms with van der Waals surface area (Å²) in [4.78, 5) is 16.7. The summed E-state index contributed by atoms with van der Waals surface area (Å²) in [6.45, 7) is 3.87. The Morgan fingerprint density at radius 1 is 1.10 bits per heavy atom. The highest BCUT2D eigenvalue weighted by Crippen LogP contribution is 2.21. The second-order valence-electron chi connectivity index (χ2n) is 7.71. The number of aromatic nitrogens is 4. The van der Waals surface area contributed by atoms with Gasteiger partial charge in [-0.2, -0.15) is 4.68 Å². The minimum atomic E-state index is -3.02. The van der Waals surface area contributed by atoms with Gasteiger partial charge in [-0.05, 0) is 41.9 Å². The second kappa shape index (κ2) is 8.58. The Bertz CT molecular complexity index is 938. The van der Waals surface area contributed by atoms with Crippen molar-refractivity contribution in [2.24, 2.45) is 5.92 Å². The van der Waals surface area contributed by atoms with Crippen LogP contribution >= 0.6 is 0 Å². The molecule has 0 spiro atoms. The topological polar surface area (TPSA) is 101 Å². The number of hydrogen-bond donors (Lipinski definition) is 0. The zero-order chi connectivity index (χ0) is 20.3. The first kappa shape index (κ1) is 20.0. The number of tetrazole rings is 1. The molecule has 2 aliphatic rings. The number of piperazine rings is 1. The maximum absolute atomic E-state index is 12.6. The summed E-state index contributed by atoms with van der Waals surface area (Å²) in [6.07, 6.45) is 2.18. The quantitative estimate of drug-likeness (QED) is 0.659. The van der Waals surface area contributed by atoms with Crippen LogP contribution in [-0.4, -0.2) is 88.6 Å². The maximum atomic E-state index is 12.6. The Kier molecular flexibility index (Phi) is 5.91. The molecule has 0 unspecified atom stereocenters. The van der Waals surface area contributed by atoms with Crippen molar-refractivity contribution in [2.45, 2.75) is 19.3 Å². The second-order valence-corrected chi connectivity index (χ2v) is 9.94. The van der Waals surface area contributed by atoms with Gasteiger partial charge in [-0.3, -0.25) is 9.69 Å². The van der Waals surface area contributed by atoms with Gasteiger partial charge in [0.05, 0.1) is 23.1 Å². The lowest BCUT2D eigenvalue weighted by molar-refractivity contribution is -0.136. The van der Waals surface area contributed by atoms with Crippen molar-refractivity contribution in [3.05, 3.63) is 36.2 Å². The number of carbonyl (C=O) groups excluding carboxylic acids is 1. The van der Waals surface area contributed by atoms with Crippen molar-refractivity contribution in [3.8, 4) is 5.69 Å². The summed E-state index contributed by atoms with van der Waals surface area (Å²) in [5.41, 5.74) is 0.952. The Labute approximate surface area is 170 Å². The van der Waals surface area contributed by atoms with E-state index in [9.17, 15) is 13.2 Å². The van der Waals surface area contributed by atoms with Crippen LogP contribution in [0.2, 0.25) is 0 Å². The highest BCUT2D eigenvalue weighted by molar-refractivity contribution is 7.91. The summed E-state index contributed by atoms with van der Waals surface area (Å²) in [6, 6.07) is 9.84. The van der Waals surface area contributed by atoms with Crippen molar-refractivity contribution < 1.29 is 13.2 Å². The van der Waals surface area contributed by atoms with Crippen LogP contribution in [-0.2, 0) is 21.1 Å². The van der Waals surface area contributed by atoms with Crippen LogP contribution in [0.25, 0.3) is 5.69 Å². The molecule has 3 heterocycles. The van der Waals surface area contributed by atoms with Crippen molar-refractivity contribution in [2.75, 3.05) is 44.2 Å². The lowest BCUT2D eigenvalue weighted by Gasteiger charge is -2.35. The van der Waals surface area contributed by atoms with E-state index >= 15 is 0 Å². The number of aryl methyl sites for hydroxylation is 1. The van der Waals surface area contributed by atoms with E-state index in [0.717, 1.165) is 44.0 Å². The molecule has 0 bridgehead atoms. The molecule has 0 N–H and O–H groups in total. The van der Waals surface area contributed by atoms with Gasteiger partial charge in [0, 0.05) is 32.6 Å². The van der Waals surface area contributed by atoms with Crippen LogP contribution in [0.4, 0.5) is 0 Å². The van der Waals surface area contributed by atoms with Crippen molar-refractivity contribution in [3.63, 3.8) is 0 Å². The van der Waals surface area contributed by atoms with Gasteiger partial charge < -0.3 is 4.90 Å². The van der Waals surface area contributed by atoms with Gasteiger partial charge >= 0.3 is 0 Å². The number of hydrogen-bond acceptors (Lipinski definition) is 7. The molecular weight excluding hydrogens is 392 g/mol. The van der Waals surface area contributed by atoms with E-state index in [1.54, 1.807) is 4.68 Å². The average Bonchev–Trinajstić information content (AvgIpc) is 3.35. The first-order chi connectivity index (χ1) is 14.0. The number of amides is 1. The summed E-state index contributed by atoms with van der Waals surface area (Å²) in [5, 5.41) is 12.0. The molecule has 156 valence electrons. The van der Waals surface area contributed by atoms with Crippen LogP contribution in [0.1, 0.15) is 18.7 Å². The van der Waals surface area contributed by atoms with Gasteiger partial charge in [-0.1, -0.05) is 18.2 Å². The van der Waals surface area contributed by atoms with E-state index in [2.05, 4.69) is 20.4 Å². The number of para-hydroxylation sites is 1. The van der Waals surface area contributed by atoms with E-state index in [4.69, 9.17) is 0 Å². The van der Waals surface area contributed by atoms with Gasteiger partial charge in [0.2, 0.25) is 5.91 Å². The minimum absolute atomic E-state index is 0.00719. The van der Waals surface area contributed by atoms with Gasteiger partial charge in [-0.15, -0.1) is 5.10 Å². The van der Waals surface area contributed by atoms with Gasteiger partial charge in [0.15, 0.2) is 15.7 Å². The first-order valence-corrected chi connectivity index (χ1v) is 11.9. The van der Waals surface area contributed by atoms with Crippen molar-refractivity contribution in [1.82, 2.24) is 30.0 Å². The van der Waals surface area contributed by atoms with E-state index in [-0.39, 0.29) is 23.3 Å². The molecule has 10 heteroatoms. The predicted octanol–water partition coefficient (Wildman–Crippen LogP) is 0.174. The normalized spacial score (nSPS) is 22.1. The number of benzene rings is 1. The number of carbonyl (C=O) groups is 1. The van der Waals surface area contributed by atoms with Crippen LogP contribution < -0.4 is 0 Å². The third kappa shape index (κ3) is 4.81. The van der Waals surface area contributed by atoms with E-state index in [1.165, 1.54) is 0 Å². The zero-order valence-electron chi connectivity index (χ0n) is 16.4. The molecule has 2 fully saturated rings. The standard InChI is InChI=1S/C19H26N6O3S/c26-19(16-8-14-29(27,28)15-16)24-12-10-23(11-13-24)9-4-7-18-20-21-22-25(18)17-5-2-1-3-6-17/h1-3,5-6,16H,4,7-15H2/t16-/m0/s1. The summed E-state index contributed by atoms with van der Waals surface area (Å²) in [7, 11) is -3.02. The fraction of sp³-hybridized carbons (Fsp3) is 0.579. The lowest BCUT2D eigenvalue weighted by atomic mass is 10.1. The lowest BCUT2D eigenvalue weighted by Crippen LogP contribution is -2.50. The molecule has 1 aromatic carbocycles. The molecule has 2 saturated heterocycles. The van der Waals surface area contributed by atoms with Crippen LogP contribution in [0.5, 0.6) is 0 Å². The molecule has 29 heavy (non-hydrogen) atoms. The molecule has 4 rings (SSSR count). The Morgan fingerprint density at radius 3 is 2.55 bits per heavy atom. The molecular formula is C19H26N6O3S. The summed E-state index contributed by atoms with van der Waals surface area (Å²) < 4.78 is 25.0. The molecule has 0 saturated carbocycles. The van der Waals surface area contributed by atoms with Crippen LogP contribution in [0.15, 0.2) is 30.3 Å². The Hall–Kier alpha value is -2.33. The molecule has 2 aromatic rings.